The van der Waals surface area contributed by atoms with Crippen molar-refractivity contribution in [1.82, 2.24) is 20.8 Å². The van der Waals surface area contributed by atoms with Gasteiger partial charge in [-0.15, -0.1) is 0 Å². The molecule has 0 aliphatic heterocycles. The predicted molar refractivity (Wildman–Crippen MR) is 108 cm³/mol. The summed E-state index contributed by atoms with van der Waals surface area (Å²) in [6.07, 6.45) is 8.50. The third-order valence-electron chi connectivity index (χ3n) is 3.91. The van der Waals surface area contributed by atoms with Gasteiger partial charge >= 0.3 is 0 Å². The second-order valence-electron chi connectivity index (χ2n) is 6.15. The van der Waals surface area contributed by atoms with Crippen LogP contribution in [0.4, 0.5) is 0 Å². The van der Waals surface area contributed by atoms with Crippen LogP contribution in [0.15, 0.2) is 59.3 Å². The normalized spacial score (nSPS) is 11.8. The molecule has 2 amide bonds. The Kier molecular flexibility index (Phi) is 8.45. The van der Waals surface area contributed by atoms with E-state index in [1.54, 1.807) is 38.6 Å². The van der Waals surface area contributed by atoms with Crippen molar-refractivity contribution in [3.05, 3.63) is 60.2 Å². The van der Waals surface area contributed by atoms with Crippen LogP contribution in [0.3, 0.4) is 0 Å². The van der Waals surface area contributed by atoms with Gasteiger partial charge in [0, 0.05) is 48.8 Å². The zero-order valence-electron chi connectivity index (χ0n) is 16.1. The molecule has 0 saturated heterocycles. The Bertz CT molecular complexity index is 763. The van der Waals surface area contributed by atoms with Crippen LogP contribution in [-0.2, 0) is 9.59 Å². The van der Waals surface area contributed by atoms with E-state index in [1.807, 2.05) is 24.3 Å². The van der Waals surface area contributed by atoms with Crippen molar-refractivity contribution in [2.45, 2.75) is 39.5 Å². The molecule has 0 fully saturated rings. The maximum atomic E-state index is 11.8. The van der Waals surface area contributed by atoms with E-state index in [9.17, 15) is 9.59 Å². The summed E-state index contributed by atoms with van der Waals surface area (Å²) in [7, 11) is 0. The van der Waals surface area contributed by atoms with Gasteiger partial charge in [0.2, 0.25) is 11.8 Å². The van der Waals surface area contributed by atoms with Gasteiger partial charge < -0.3 is 0 Å². The van der Waals surface area contributed by atoms with E-state index < -0.39 is 0 Å². The number of amides is 2. The largest absolute Gasteiger partial charge is 0.273 e. The van der Waals surface area contributed by atoms with Crippen LogP contribution in [0, 0.1) is 0 Å². The monoisotopic (exact) mass is 380 g/mol. The quantitative estimate of drug-likeness (QED) is 0.395. The van der Waals surface area contributed by atoms with Crippen molar-refractivity contribution < 1.29 is 9.59 Å². The van der Waals surface area contributed by atoms with E-state index in [-0.39, 0.29) is 11.8 Å². The molecule has 0 atom stereocenters. The first kappa shape index (κ1) is 20.9. The van der Waals surface area contributed by atoms with Crippen molar-refractivity contribution in [1.29, 1.82) is 0 Å². The molecule has 0 saturated carbocycles. The van der Waals surface area contributed by atoms with Gasteiger partial charge in [0.25, 0.3) is 0 Å². The number of nitrogens with zero attached hydrogens (tertiary/aromatic N) is 4. The standard InChI is InChI=1S/C20H24N6O2/c1-15(17-7-5-11-21-13-17)23-25-19(27)9-3-4-10-20(28)26-24-16(2)18-8-6-12-22-14-18/h5-8,11-14H,3-4,9-10H2,1-2H3,(H,25,27)(H,26,28)/b23-15-,24-16-. The van der Waals surface area contributed by atoms with Gasteiger partial charge in [-0.05, 0) is 38.8 Å². The number of unbranched alkanes of at least 4 members (excludes halogenated alkanes) is 1. The molecule has 28 heavy (non-hydrogen) atoms. The van der Waals surface area contributed by atoms with Crippen LogP contribution >= 0.6 is 0 Å². The van der Waals surface area contributed by atoms with E-state index >= 15 is 0 Å². The number of hydrogen-bond donors (Lipinski definition) is 2. The summed E-state index contributed by atoms with van der Waals surface area (Å²) in [6.45, 7) is 3.60. The highest BCUT2D eigenvalue weighted by molar-refractivity contribution is 5.99. The van der Waals surface area contributed by atoms with Crippen LogP contribution in [0.25, 0.3) is 0 Å². The number of carbonyl (C=O) groups excluding carboxylic acids is 2. The highest BCUT2D eigenvalue weighted by Gasteiger charge is 2.05. The lowest BCUT2D eigenvalue weighted by atomic mass is 10.2. The maximum absolute atomic E-state index is 11.8. The highest BCUT2D eigenvalue weighted by atomic mass is 16.2. The van der Waals surface area contributed by atoms with E-state index in [2.05, 4.69) is 31.0 Å². The summed E-state index contributed by atoms with van der Waals surface area (Å²) >= 11 is 0. The Hall–Kier alpha value is -3.42. The van der Waals surface area contributed by atoms with Gasteiger partial charge in [-0.2, -0.15) is 10.2 Å². The highest BCUT2D eigenvalue weighted by Crippen LogP contribution is 2.02. The average molecular weight is 380 g/mol. The van der Waals surface area contributed by atoms with E-state index in [0.717, 1.165) is 11.1 Å². The van der Waals surface area contributed by atoms with Gasteiger partial charge in [-0.25, -0.2) is 10.9 Å². The molecule has 0 bridgehead atoms. The molecule has 0 aliphatic carbocycles. The first-order valence-corrected chi connectivity index (χ1v) is 9.03. The smallest absolute Gasteiger partial charge is 0.240 e. The zero-order chi connectivity index (χ0) is 20.2. The van der Waals surface area contributed by atoms with Gasteiger partial charge in [0.1, 0.15) is 0 Å². The fourth-order valence-electron chi connectivity index (χ4n) is 2.26. The van der Waals surface area contributed by atoms with Crippen LogP contribution in [0.1, 0.15) is 50.7 Å². The second-order valence-corrected chi connectivity index (χ2v) is 6.15. The minimum atomic E-state index is -0.186. The summed E-state index contributed by atoms with van der Waals surface area (Å²) in [6, 6.07) is 7.36. The molecule has 2 aromatic heterocycles. The summed E-state index contributed by atoms with van der Waals surface area (Å²) in [4.78, 5) is 31.7. The Balaban J connectivity index is 1.64. The SMILES string of the molecule is C/C(=N/NC(=O)CCCCC(=O)N/N=C(/C)c1cccnc1)c1cccnc1. The summed E-state index contributed by atoms with van der Waals surface area (Å²) in [5.74, 6) is -0.372. The number of pyridine rings is 2. The van der Waals surface area contributed by atoms with Gasteiger partial charge in [0.05, 0.1) is 11.4 Å². The molecule has 0 spiro atoms. The molecule has 8 heteroatoms. The molecule has 2 aromatic rings. The van der Waals surface area contributed by atoms with Crippen LogP contribution < -0.4 is 10.9 Å². The molecule has 0 aliphatic rings. The number of carbonyl (C=O) groups is 2. The first-order chi connectivity index (χ1) is 13.6. The lowest BCUT2D eigenvalue weighted by molar-refractivity contribution is -0.123. The molecule has 0 aromatic carbocycles. The zero-order valence-corrected chi connectivity index (χ0v) is 16.1. The molecule has 8 nitrogen and oxygen atoms in total. The van der Waals surface area contributed by atoms with E-state index in [4.69, 9.17) is 0 Å². The van der Waals surface area contributed by atoms with E-state index in [1.165, 1.54) is 0 Å². The Morgan fingerprint density at radius 2 is 1.25 bits per heavy atom. The molecule has 2 heterocycles. The van der Waals surface area contributed by atoms with Crippen molar-refractivity contribution in [3.8, 4) is 0 Å². The lowest BCUT2D eigenvalue weighted by Crippen LogP contribution is -2.20. The third kappa shape index (κ3) is 7.45. The summed E-state index contributed by atoms with van der Waals surface area (Å²) < 4.78 is 0. The molecule has 0 unspecified atom stereocenters. The third-order valence-corrected chi connectivity index (χ3v) is 3.91. The molecular weight excluding hydrogens is 356 g/mol. The van der Waals surface area contributed by atoms with E-state index in [0.29, 0.717) is 37.1 Å². The molecule has 2 rings (SSSR count). The van der Waals surface area contributed by atoms with Crippen LogP contribution in [0.5, 0.6) is 0 Å². The van der Waals surface area contributed by atoms with Crippen molar-refractivity contribution in [3.63, 3.8) is 0 Å². The van der Waals surface area contributed by atoms with Crippen molar-refractivity contribution >= 4 is 23.2 Å². The molecule has 0 radical (unpaired) electrons. The van der Waals surface area contributed by atoms with Gasteiger partial charge in [-0.1, -0.05) is 12.1 Å². The Morgan fingerprint density at radius 3 is 1.61 bits per heavy atom. The second kappa shape index (κ2) is 11.3. The van der Waals surface area contributed by atoms with Crippen molar-refractivity contribution in [2.75, 3.05) is 0 Å². The molecule has 146 valence electrons. The predicted octanol–water partition coefficient (Wildman–Crippen LogP) is 2.42. The fourth-order valence-corrected chi connectivity index (χ4v) is 2.26. The first-order valence-electron chi connectivity index (χ1n) is 9.03. The number of aromatic nitrogens is 2. The Morgan fingerprint density at radius 1 is 0.821 bits per heavy atom. The summed E-state index contributed by atoms with van der Waals surface area (Å²) in [5, 5.41) is 8.12. The molecular formula is C20H24N6O2. The Labute approximate surface area is 164 Å². The van der Waals surface area contributed by atoms with Crippen molar-refractivity contribution in [2.24, 2.45) is 10.2 Å². The minimum Gasteiger partial charge on any atom is -0.273 e. The van der Waals surface area contributed by atoms with Gasteiger partial charge in [0.15, 0.2) is 0 Å². The number of rotatable bonds is 9. The topological polar surface area (TPSA) is 109 Å². The lowest BCUT2D eigenvalue weighted by Gasteiger charge is -2.04. The van der Waals surface area contributed by atoms with Crippen LogP contribution in [0.2, 0.25) is 0 Å². The minimum absolute atomic E-state index is 0.186. The van der Waals surface area contributed by atoms with Gasteiger partial charge in [-0.3, -0.25) is 19.6 Å². The summed E-state index contributed by atoms with van der Waals surface area (Å²) in [5.41, 5.74) is 8.10. The molecule has 2 N–H and O–H groups in total. The maximum Gasteiger partial charge on any atom is 0.240 e. The average Bonchev–Trinajstić information content (AvgIpc) is 2.74. The van der Waals surface area contributed by atoms with Crippen LogP contribution in [-0.4, -0.2) is 33.2 Å². The number of hydrogen-bond acceptors (Lipinski definition) is 6. The fraction of sp³-hybridized carbons (Fsp3) is 0.300. The number of hydrazone groups is 2. The number of nitrogens with one attached hydrogen (secondary N) is 2.